The lowest BCUT2D eigenvalue weighted by Gasteiger charge is -2.73. The highest BCUT2D eigenvalue weighted by molar-refractivity contribution is 5.78. The smallest absolute Gasteiger partial charge is 0.314 e. The Morgan fingerprint density at radius 3 is 2.20 bits per heavy atom. The van der Waals surface area contributed by atoms with E-state index in [0.717, 1.165) is 37.7 Å². The quantitative estimate of drug-likeness (QED) is 0.173. The molecule has 0 unspecified atom stereocenters. The molecule has 7 N–H and O–H groups in total. The van der Waals surface area contributed by atoms with Crippen LogP contribution in [0.15, 0.2) is 12.2 Å². The Bertz CT molecular complexity index is 1210. The van der Waals surface area contributed by atoms with Crippen LogP contribution in [0.3, 0.4) is 0 Å². The molecule has 262 valence electrons. The van der Waals surface area contributed by atoms with E-state index in [1.54, 1.807) is 0 Å². The van der Waals surface area contributed by atoms with Crippen LogP contribution in [-0.2, 0) is 14.3 Å². The number of aliphatic hydroxyl groups excluding tert-OH is 7. The number of carbonyl (C=O) groups is 1. The van der Waals surface area contributed by atoms with Gasteiger partial charge in [-0.2, -0.15) is 0 Å². The molecule has 0 radical (unpaired) electrons. The van der Waals surface area contributed by atoms with E-state index in [1.165, 1.54) is 0 Å². The molecule has 6 rings (SSSR count). The molecule has 10 heteroatoms. The molecule has 5 aliphatic carbocycles. The predicted octanol–water partition coefficient (Wildman–Crippen LogP) is 2.29. The summed E-state index contributed by atoms with van der Waals surface area (Å²) in [5.41, 5.74) is -1.27. The molecule has 10 nitrogen and oxygen atoms in total. The van der Waals surface area contributed by atoms with Gasteiger partial charge < -0.3 is 45.2 Å². The van der Waals surface area contributed by atoms with Crippen molar-refractivity contribution in [2.45, 2.75) is 135 Å². The maximum absolute atomic E-state index is 14.4. The third-order valence-electron chi connectivity index (χ3n) is 15.6. The van der Waals surface area contributed by atoms with E-state index < -0.39 is 66.3 Å². The molecule has 46 heavy (non-hydrogen) atoms. The highest BCUT2D eigenvalue weighted by atomic mass is 16.7. The average molecular weight is 651 g/mol. The van der Waals surface area contributed by atoms with Crippen LogP contribution in [0.4, 0.5) is 0 Å². The van der Waals surface area contributed by atoms with Crippen molar-refractivity contribution in [1.29, 1.82) is 0 Å². The zero-order valence-electron chi connectivity index (χ0n) is 28.3. The van der Waals surface area contributed by atoms with Gasteiger partial charge in [0.15, 0.2) is 0 Å². The van der Waals surface area contributed by atoms with Crippen LogP contribution in [0.25, 0.3) is 0 Å². The summed E-state index contributed by atoms with van der Waals surface area (Å²) in [4.78, 5) is 14.4. The second kappa shape index (κ2) is 11.5. The van der Waals surface area contributed by atoms with Crippen molar-refractivity contribution in [1.82, 2.24) is 0 Å². The van der Waals surface area contributed by atoms with Crippen LogP contribution < -0.4 is 0 Å². The minimum absolute atomic E-state index is 0.0115. The number of aliphatic hydroxyl groups is 7. The monoisotopic (exact) mass is 650 g/mol. The van der Waals surface area contributed by atoms with Gasteiger partial charge in [-0.3, -0.25) is 4.79 Å². The Labute approximate surface area is 273 Å². The Hall–Kier alpha value is -1.11. The summed E-state index contributed by atoms with van der Waals surface area (Å²) in [6.07, 6.45) is -2.53. The van der Waals surface area contributed by atoms with Crippen molar-refractivity contribution >= 4 is 5.97 Å². The van der Waals surface area contributed by atoms with Gasteiger partial charge in [-0.25, -0.2) is 0 Å². The lowest BCUT2D eigenvalue weighted by Crippen LogP contribution is -2.71. The summed E-state index contributed by atoms with van der Waals surface area (Å²) >= 11 is 0. The molecule has 0 aromatic carbocycles. The first kappa shape index (κ1) is 34.7. The van der Waals surface area contributed by atoms with Gasteiger partial charge >= 0.3 is 5.97 Å². The fourth-order valence-electron chi connectivity index (χ4n) is 13.0. The Morgan fingerprint density at radius 1 is 0.870 bits per heavy atom. The van der Waals surface area contributed by atoms with Gasteiger partial charge in [0, 0.05) is 5.41 Å². The molecule has 6 fully saturated rings. The van der Waals surface area contributed by atoms with Crippen molar-refractivity contribution in [2.75, 3.05) is 13.2 Å². The van der Waals surface area contributed by atoms with Crippen molar-refractivity contribution in [3.05, 3.63) is 12.2 Å². The topological polar surface area (TPSA) is 177 Å². The second-order valence-corrected chi connectivity index (χ2v) is 17.3. The summed E-state index contributed by atoms with van der Waals surface area (Å²) in [6.45, 7) is 14.7. The number of hydrogen-bond acceptors (Lipinski definition) is 10. The summed E-state index contributed by atoms with van der Waals surface area (Å²) < 4.78 is 11.5. The Kier molecular flexibility index (Phi) is 8.66. The molecule has 1 heterocycles. The largest absolute Gasteiger partial charge is 0.432 e. The summed E-state index contributed by atoms with van der Waals surface area (Å²) in [5.74, 6) is -0.597. The van der Waals surface area contributed by atoms with Crippen LogP contribution >= 0.6 is 0 Å². The lowest BCUT2D eigenvalue weighted by molar-refractivity contribution is -0.301. The summed E-state index contributed by atoms with van der Waals surface area (Å²) in [7, 11) is 0. The van der Waals surface area contributed by atoms with Crippen molar-refractivity contribution < 1.29 is 50.0 Å². The first-order valence-corrected chi connectivity index (χ1v) is 17.6. The molecular formula is C36H58O10. The Morgan fingerprint density at radius 2 is 1.57 bits per heavy atom. The van der Waals surface area contributed by atoms with Gasteiger partial charge in [0.05, 0.1) is 30.8 Å². The molecule has 6 aliphatic rings. The maximum atomic E-state index is 14.4. The molecule has 0 aromatic rings. The van der Waals surface area contributed by atoms with E-state index in [0.29, 0.717) is 25.7 Å². The fourth-order valence-corrected chi connectivity index (χ4v) is 13.0. The van der Waals surface area contributed by atoms with E-state index in [4.69, 9.17) is 9.47 Å². The minimum Gasteiger partial charge on any atom is -0.432 e. The number of esters is 1. The first-order chi connectivity index (χ1) is 21.5. The standard InChI is InChI=1S/C36H58O10/c1-18(2)19-7-12-36(31(44)46-30-28(43)27(42)26(41)22(16-37)45-30)14-13-34(5)20(25(19)36)15-21(39)29-32(3)10-9-24(40)33(4,17-38)23(32)8-11-35(29,34)6/h19-30,37-43H,1,7-17H2,2-6H3/t19-,20+,21+,22+,23+,24-,25+,26+,27-,28+,29+,30-,32-,33-,34+,35+,36-/m0/s1. The molecule has 17 atom stereocenters. The van der Waals surface area contributed by atoms with Gasteiger partial charge in [-0.1, -0.05) is 39.8 Å². The third-order valence-corrected chi connectivity index (χ3v) is 15.6. The molecule has 0 spiro atoms. The second-order valence-electron chi connectivity index (χ2n) is 17.3. The van der Waals surface area contributed by atoms with E-state index in [-0.39, 0.29) is 52.4 Å². The normalized spacial score (nSPS) is 56.6. The van der Waals surface area contributed by atoms with Crippen molar-refractivity contribution in [3.8, 4) is 0 Å². The van der Waals surface area contributed by atoms with Crippen molar-refractivity contribution in [2.24, 2.45) is 56.7 Å². The lowest BCUT2D eigenvalue weighted by atomic mass is 9.31. The van der Waals surface area contributed by atoms with Gasteiger partial charge in [0.2, 0.25) is 6.29 Å². The molecule has 1 saturated heterocycles. The van der Waals surface area contributed by atoms with Gasteiger partial charge in [-0.05, 0) is 111 Å². The molecule has 0 amide bonds. The zero-order chi connectivity index (χ0) is 33.8. The van der Waals surface area contributed by atoms with Crippen LogP contribution in [-0.4, -0.2) is 97.8 Å². The number of ether oxygens (including phenoxy) is 2. The summed E-state index contributed by atoms with van der Waals surface area (Å²) in [6, 6.07) is 0. The average Bonchev–Trinajstić information content (AvgIpc) is 3.42. The van der Waals surface area contributed by atoms with Crippen molar-refractivity contribution in [3.63, 3.8) is 0 Å². The third kappa shape index (κ3) is 4.46. The number of allylic oxidation sites excluding steroid dienone is 1. The zero-order valence-corrected chi connectivity index (χ0v) is 28.3. The highest BCUT2D eigenvalue weighted by Gasteiger charge is 2.74. The predicted molar refractivity (Wildman–Crippen MR) is 168 cm³/mol. The maximum Gasteiger partial charge on any atom is 0.314 e. The fraction of sp³-hybridized carbons (Fsp3) is 0.917. The highest BCUT2D eigenvalue weighted by Crippen LogP contribution is 2.77. The summed E-state index contributed by atoms with van der Waals surface area (Å²) in [5, 5.41) is 74.9. The van der Waals surface area contributed by atoms with Gasteiger partial charge in [0.25, 0.3) is 0 Å². The SMILES string of the molecule is C=C(C)[C@@H]1CC[C@]2(C(=O)O[C@@H]3O[C@H](CO)[C@@H](O)[C@H](O)[C@H]3O)CC[C@]3(C)[C@H](C[C@@H](O)[C@@H]4[C@@]5(C)CC[C@H](O)[C@@](C)(CO)[C@@H]5CC[C@]43C)[C@@H]12. The van der Waals surface area contributed by atoms with E-state index in [1.807, 2.05) is 13.8 Å². The van der Waals surface area contributed by atoms with Crippen LogP contribution in [0, 0.1) is 56.7 Å². The van der Waals surface area contributed by atoms with Crippen LogP contribution in [0.5, 0.6) is 0 Å². The molecule has 1 aliphatic heterocycles. The molecule has 0 bridgehead atoms. The van der Waals surface area contributed by atoms with E-state index >= 15 is 0 Å². The molecular weight excluding hydrogens is 592 g/mol. The minimum atomic E-state index is -1.67. The van der Waals surface area contributed by atoms with Crippen LogP contribution in [0.1, 0.15) is 92.4 Å². The van der Waals surface area contributed by atoms with Gasteiger partial charge in [0.1, 0.15) is 24.4 Å². The number of fused-ring (bicyclic) bond motifs is 7. The number of carbonyl (C=O) groups excluding carboxylic acids is 1. The van der Waals surface area contributed by atoms with Crippen LogP contribution in [0.2, 0.25) is 0 Å². The Balaban J connectivity index is 1.35. The van der Waals surface area contributed by atoms with Gasteiger partial charge in [-0.15, -0.1) is 0 Å². The number of rotatable bonds is 5. The van der Waals surface area contributed by atoms with E-state index in [9.17, 15) is 40.5 Å². The van der Waals surface area contributed by atoms with E-state index in [2.05, 4.69) is 27.4 Å². The molecule has 0 aromatic heterocycles. The molecule has 5 saturated carbocycles. The number of hydrogen-bond donors (Lipinski definition) is 7. The first-order valence-electron chi connectivity index (χ1n) is 17.6.